The van der Waals surface area contributed by atoms with Gasteiger partial charge in [-0.3, -0.25) is 0 Å². The maximum absolute atomic E-state index is 5.43. The molecule has 2 aromatic heterocycles. The van der Waals surface area contributed by atoms with Gasteiger partial charge >= 0.3 is 0 Å². The second-order valence-electron chi connectivity index (χ2n) is 5.44. The van der Waals surface area contributed by atoms with Crippen molar-refractivity contribution in [2.45, 2.75) is 13.0 Å². The number of hydrogen-bond acceptors (Lipinski definition) is 7. The lowest BCUT2D eigenvalue weighted by atomic mass is 10.1. The van der Waals surface area contributed by atoms with Crippen LogP contribution >= 0.6 is 0 Å². The van der Waals surface area contributed by atoms with E-state index in [0.29, 0.717) is 0 Å². The molecule has 1 fully saturated rings. The molecule has 4 rings (SSSR count). The van der Waals surface area contributed by atoms with Crippen molar-refractivity contribution in [3.05, 3.63) is 36.0 Å². The van der Waals surface area contributed by atoms with Gasteiger partial charge in [-0.1, -0.05) is 0 Å². The Hall–Kier alpha value is -2.28. The van der Waals surface area contributed by atoms with Gasteiger partial charge in [-0.05, 0) is 12.5 Å². The van der Waals surface area contributed by atoms with Crippen LogP contribution in [-0.4, -0.2) is 52.8 Å². The number of nitrogens with zero attached hydrogens (tertiary/aromatic N) is 6. The van der Waals surface area contributed by atoms with E-state index >= 15 is 0 Å². The first-order valence-electron chi connectivity index (χ1n) is 7.59. The molecule has 7 nitrogen and oxygen atoms in total. The number of morpholine rings is 1. The minimum atomic E-state index is 0.735. The van der Waals surface area contributed by atoms with Crippen LogP contribution in [0.1, 0.15) is 11.3 Å². The largest absolute Gasteiger partial charge is 0.378 e. The van der Waals surface area contributed by atoms with Crippen LogP contribution in [0.5, 0.6) is 0 Å². The smallest absolute Gasteiger partial charge is 0.225 e. The molecule has 7 heteroatoms. The summed E-state index contributed by atoms with van der Waals surface area (Å²) in [6, 6.07) is 1.83. The lowest BCUT2D eigenvalue weighted by Gasteiger charge is -2.33. The summed E-state index contributed by atoms with van der Waals surface area (Å²) in [5.74, 6) is 1.83. The first kappa shape index (κ1) is 13.4. The predicted molar refractivity (Wildman–Crippen MR) is 81.9 cm³/mol. The van der Waals surface area contributed by atoms with E-state index in [2.05, 4.69) is 29.7 Å². The standard InChI is InChI=1S/C15H18N6O/c1-3-16-15(17-4-1)21-5-2-12-13(10-21)18-11-19-14(12)20-6-8-22-9-7-20/h1,3-4,11H,2,5-10H2. The fraction of sp³-hybridized carbons (Fsp3) is 0.467. The molecule has 2 aliphatic rings. The fourth-order valence-corrected chi connectivity index (χ4v) is 3.01. The number of aromatic nitrogens is 4. The first-order chi connectivity index (χ1) is 10.9. The van der Waals surface area contributed by atoms with E-state index in [1.54, 1.807) is 18.7 Å². The lowest BCUT2D eigenvalue weighted by molar-refractivity contribution is 0.122. The topological polar surface area (TPSA) is 67.3 Å². The summed E-state index contributed by atoms with van der Waals surface area (Å²) in [4.78, 5) is 22.1. The Morgan fingerprint density at radius 1 is 0.909 bits per heavy atom. The van der Waals surface area contributed by atoms with Crippen molar-refractivity contribution in [1.82, 2.24) is 19.9 Å². The van der Waals surface area contributed by atoms with Crippen LogP contribution in [0.4, 0.5) is 11.8 Å². The van der Waals surface area contributed by atoms with E-state index in [0.717, 1.165) is 63.3 Å². The molecule has 4 heterocycles. The van der Waals surface area contributed by atoms with Crippen molar-refractivity contribution in [3.63, 3.8) is 0 Å². The fourth-order valence-electron chi connectivity index (χ4n) is 3.01. The number of anilines is 2. The van der Waals surface area contributed by atoms with E-state index in [1.165, 1.54) is 5.56 Å². The summed E-state index contributed by atoms with van der Waals surface area (Å²) in [6.45, 7) is 4.95. The maximum Gasteiger partial charge on any atom is 0.225 e. The Labute approximate surface area is 129 Å². The quantitative estimate of drug-likeness (QED) is 0.807. The molecular formula is C15H18N6O. The zero-order chi connectivity index (χ0) is 14.8. The molecule has 0 spiro atoms. The van der Waals surface area contributed by atoms with Gasteiger partial charge in [0.15, 0.2) is 0 Å². The van der Waals surface area contributed by atoms with Gasteiger partial charge in [0.25, 0.3) is 0 Å². The molecule has 22 heavy (non-hydrogen) atoms. The van der Waals surface area contributed by atoms with Crippen LogP contribution in [0.3, 0.4) is 0 Å². The van der Waals surface area contributed by atoms with Gasteiger partial charge < -0.3 is 14.5 Å². The third-order valence-corrected chi connectivity index (χ3v) is 4.13. The van der Waals surface area contributed by atoms with Crippen LogP contribution in [-0.2, 0) is 17.7 Å². The van der Waals surface area contributed by atoms with E-state index in [1.807, 2.05) is 6.07 Å². The molecule has 0 N–H and O–H groups in total. The summed E-state index contributed by atoms with van der Waals surface area (Å²) >= 11 is 0. The summed E-state index contributed by atoms with van der Waals surface area (Å²) < 4.78 is 5.43. The van der Waals surface area contributed by atoms with Crippen LogP contribution in [0.15, 0.2) is 24.8 Å². The zero-order valence-electron chi connectivity index (χ0n) is 12.4. The van der Waals surface area contributed by atoms with Gasteiger partial charge in [0.05, 0.1) is 25.5 Å². The number of rotatable bonds is 2. The molecule has 0 aliphatic carbocycles. The Bertz CT molecular complexity index is 644. The van der Waals surface area contributed by atoms with Crippen LogP contribution < -0.4 is 9.80 Å². The third-order valence-electron chi connectivity index (χ3n) is 4.13. The molecular weight excluding hydrogens is 280 g/mol. The van der Waals surface area contributed by atoms with Crippen molar-refractivity contribution in [2.24, 2.45) is 0 Å². The molecule has 0 radical (unpaired) electrons. The number of hydrogen-bond donors (Lipinski definition) is 0. The van der Waals surface area contributed by atoms with Gasteiger partial charge in [-0.15, -0.1) is 0 Å². The molecule has 0 unspecified atom stereocenters. The Morgan fingerprint density at radius 2 is 1.73 bits per heavy atom. The van der Waals surface area contributed by atoms with Crippen molar-refractivity contribution >= 4 is 11.8 Å². The molecule has 0 bridgehead atoms. The van der Waals surface area contributed by atoms with E-state index < -0.39 is 0 Å². The van der Waals surface area contributed by atoms with Gasteiger partial charge in [0.1, 0.15) is 12.1 Å². The third kappa shape index (κ3) is 2.48. The van der Waals surface area contributed by atoms with Gasteiger partial charge in [0.2, 0.25) is 5.95 Å². The monoisotopic (exact) mass is 298 g/mol. The highest BCUT2D eigenvalue weighted by Crippen LogP contribution is 2.27. The maximum atomic E-state index is 5.43. The summed E-state index contributed by atoms with van der Waals surface area (Å²) in [6.07, 6.45) is 6.13. The van der Waals surface area contributed by atoms with Gasteiger partial charge in [-0.2, -0.15) is 0 Å². The normalized spacial score (nSPS) is 18.2. The second kappa shape index (κ2) is 5.84. The molecule has 0 aromatic carbocycles. The van der Waals surface area contributed by atoms with Crippen molar-refractivity contribution in [1.29, 1.82) is 0 Å². The minimum absolute atomic E-state index is 0.735. The van der Waals surface area contributed by atoms with Crippen molar-refractivity contribution in [2.75, 3.05) is 42.6 Å². The molecule has 114 valence electrons. The van der Waals surface area contributed by atoms with E-state index in [4.69, 9.17) is 4.74 Å². The van der Waals surface area contributed by atoms with E-state index in [9.17, 15) is 0 Å². The Balaban J connectivity index is 1.61. The second-order valence-corrected chi connectivity index (χ2v) is 5.44. The molecule has 2 aromatic rings. The summed E-state index contributed by atoms with van der Waals surface area (Å²) in [7, 11) is 0. The van der Waals surface area contributed by atoms with Crippen LogP contribution in [0, 0.1) is 0 Å². The van der Waals surface area contributed by atoms with E-state index in [-0.39, 0.29) is 0 Å². The SMILES string of the molecule is c1cnc(N2CCc3c(ncnc3N3CCOCC3)C2)nc1. The molecule has 1 saturated heterocycles. The lowest BCUT2D eigenvalue weighted by Crippen LogP contribution is -2.39. The predicted octanol–water partition coefficient (Wildman–Crippen LogP) is 0.666. The van der Waals surface area contributed by atoms with Crippen molar-refractivity contribution < 1.29 is 4.74 Å². The molecule has 2 aliphatic heterocycles. The van der Waals surface area contributed by atoms with Gasteiger partial charge in [0, 0.05) is 37.6 Å². The summed E-state index contributed by atoms with van der Waals surface area (Å²) in [5, 5.41) is 0. The minimum Gasteiger partial charge on any atom is -0.378 e. The highest BCUT2D eigenvalue weighted by atomic mass is 16.5. The highest BCUT2D eigenvalue weighted by molar-refractivity contribution is 5.52. The Kier molecular flexibility index (Phi) is 3.56. The summed E-state index contributed by atoms with van der Waals surface area (Å²) in [5.41, 5.74) is 2.34. The van der Waals surface area contributed by atoms with Crippen molar-refractivity contribution in [3.8, 4) is 0 Å². The molecule has 0 amide bonds. The highest BCUT2D eigenvalue weighted by Gasteiger charge is 2.25. The Morgan fingerprint density at radius 3 is 2.55 bits per heavy atom. The average molecular weight is 298 g/mol. The first-order valence-corrected chi connectivity index (χ1v) is 7.59. The average Bonchev–Trinajstić information content (AvgIpc) is 2.62. The van der Waals surface area contributed by atoms with Gasteiger partial charge in [-0.25, -0.2) is 19.9 Å². The van der Waals surface area contributed by atoms with Crippen LogP contribution in [0.25, 0.3) is 0 Å². The number of fused-ring (bicyclic) bond motifs is 1. The molecule has 0 atom stereocenters. The zero-order valence-corrected chi connectivity index (χ0v) is 12.4. The van der Waals surface area contributed by atoms with Crippen LogP contribution in [0.2, 0.25) is 0 Å². The number of ether oxygens (including phenoxy) is 1. The molecule has 0 saturated carbocycles.